The van der Waals surface area contributed by atoms with Crippen molar-refractivity contribution in [3.8, 4) is 0 Å². The monoisotopic (exact) mass is 267 g/mol. The first kappa shape index (κ1) is 14.4. The molecule has 4 heteroatoms. The summed E-state index contributed by atoms with van der Waals surface area (Å²) in [6.07, 6.45) is 2.51. The number of carbonyl (C=O) groups is 2. The molecule has 1 saturated heterocycles. The summed E-state index contributed by atoms with van der Waals surface area (Å²) in [4.78, 5) is 25.3. The van der Waals surface area contributed by atoms with E-state index in [2.05, 4.69) is 20.8 Å². The van der Waals surface area contributed by atoms with Gasteiger partial charge in [-0.3, -0.25) is 9.59 Å². The standard InChI is InChI=1S/C15H25NO3/c1-10(14(2,3)4)12(17)16-7-5-15(6-8-16)9-11(15)13(18)19/h10-11H,5-9H2,1-4H3,(H,18,19). The molecular formula is C15H25NO3. The van der Waals surface area contributed by atoms with E-state index in [1.54, 1.807) is 0 Å². The van der Waals surface area contributed by atoms with Gasteiger partial charge in [0, 0.05) is 19.0 Å². The zero-order valence-electron chi connectivity index (χ0n) is 12.4. The minimum absolute atomic E-state index is 0.00752. The summed E-state index contributed by atoms with van der Waals surface area (Å²) >= 11 is 0. The van der Waals surface area contributed by atoms with Crippen molar-refractivity contribution >= 4 is 11.9 Å². The first-order valence-electron chi connectivity index (χ1n) is 7.19. The number of nitrogens with zero attached hydrogens (tertiary/aromatic N) is 1. The molecule has 2 atom stereocenters. The van der Waals surface area contributed by atoms with Crippen LogP contribution in [0.5, 0.6) is 0 Å². The van der Waals surface area contributed by atoms with Gasteiger partial charge >= 0.3 is 5.97 Å². The van der Waals surface area contributed by atoms with Crippen LogP contribution in [0.1, 0.15) is 47.0 Å². The summed E-state index contributed by atoms with van der Waals surface area (Å²) in [6, 6.07) is 0. The lowest BCUT2D eigenvalue weighted by atomic mass is 9.80. The van der Waals surface area contributed by atoms with E-state index < -0.39 is 5.97 Å². The first-order valence-corrected chi connectivity index (χ1v) is 7.19. The van der Waals surface area contributed by atoms with Crippen molar-refractivity contribution in [1.29, 1.82) is 0 Å². The minimum atomic E-state index is -0.664. The van der Waals surface area contributed by atoms with E-state index in [0.717, 1.165) is 32.4 Å². The van der Waals surface area contributed by atoms with Gasteiger partial charge in [-0.25, -0.2) is 0 Å². The van der Waals surface area contributed by atoms with Crippen molar-refractivity contribution in [3.63, 3.8) is 0 Å². The van der Waals surface area contributed by atoms with Crippen LogP contribution >= 0.6 is 0 Å². The second-order valence-corrected chi connectivity index (χ2v) is 7.37. The number of amides is 1. The van der Waals surface area contributed by atoms with Gasteiger partial charge < -0.3 is 10.0 Å². The van der Waals surface area contributed by atoms with Crippen LogP contribution in [-0.4, -0.2) is 35.0 Å². The fraction of sp³-hybridized carbons (Fsp3) is 0.867. The highest BCUT2D eigenvalue weighted by Gasteiger charge is 2.59. The molecule has 0 aromatic rings. The van der Waals surface area contributed by atoms with Crippen LogP contribution in [0.25, 0.3) is 0 Å². The average Bonchev–Trinajstić information content (AvgIpc) is 3.01. The molecule has 1 heterocycles. The Morgan fingerprint density at radius 2 is 1.79 bits per heavy atom. The number of rotatable bonds is 2. The van der Waals surface area contributed by atoms with Crippen molar-refractivity contribution in [2.75, 3.05) is 13.1 Å². The van der Waals surface area contributed by atoms with Crippen LogP contribution in [0, 0.1) is 22.7 Å². The SMILES string of the molecule is CC(C(=O)N1CCC2(CC1)CC2C(=O)O)C(C)(C)C. The Hall–Kier alpha value is -1.06. The number of likely N-dealkylation sites (tertiary alicyclic amines) is 1. The Morgan fingerprint density at radius 1 is 1.26 bits per heavy atom. The van der Waals surface area contributed by atoms with Gasteiger partial charge in [0.05, 0.1) is 5.92 Å². The highest BCUT2D eigenvalue weighted by Crippen LogP contribution is 2.59. The Labute approximate surface area is 115 Å². The molecule has 0 radical (unpaired) electrons. The summed E-state index contributed by atoms with van der Waals surface area (Å²) in [5, 5.41) is 9.06. The van der Waals surface area contributed by atoms with E-state index in [-0.39, 0.29) is 28.6 Å². The maximum atomic E-state index is 12.4. The molecule has 0 aromatic heterocycles. The zero-order chi connectivity index (χ0) is 14.4. The third kappa shape index (κ3) is 2.63. The molecule has 2 unspecified atom stereocenters. The summed E-state index contributed by atoms with van der Waals surface area (Å²) in [5.74, 6) is -0.599. The van der Waals surface area contributed by atoms with Crippen molar-refractivity contribution in [2.24, 2.45) is 22.7 Å². The smallest absolute Gasteiger partial charge is 0.307 e. The predicted molar refractivity (Wildman–Crippen MR) is 72.6 cm³/mol. The molecule has 19 heavy (non-hydrogen) atoms. The molecule has 1 amide bonds. The number of hydrogen-bond donors (Lipinski definition) is 1. The molecule has 1 N–H and O–H groups in total. The number of aliphatic carboxylic acids is 1. The average molecular weight is 267 g/mol. The predicted octanol–water partition coefficient (Wildman–Crippen LogP) is 2.38. The molecule has 2 fully saturated rings. The Morgan fingerprint density at radius 3 is 2.16 bits per heavy atom. The molecule has 0 aromatic carbocycles. The molecule has 1 aliphatic heterocycles. The van der Waals surface area contributed by atoms with Crippen LogP contribution in [0.2, 0.25) is 0 Å². The van der Waals surface area contributed by atoms with Crippen molar-refractivity contribution in [1.82, 2.24) is 4.90 Å². The van der Waals surface area contributed by atoms with E-state index in [1.165, 1.54) is 0 Å². The topological polar surface area (TPSA) is 57.6 Å². The molecule has 1 saturated carbocycles. The van der Waals surface area contributed by atoms with Gasteiger partial charge in [-0.1, -0.05) is 27.7 Å². The number of piperidine rings is 1. The fourth-order valence-electron chi connectivity index (χ4n) is 3.07. The van der Waals surface area contributed by atoms with Crippen LogP contribution in [0.3, 0.4) is 0 Å². The van der Waals surface area contributed by atoms with Gasteiger partial charge in [-0.05, 0) is 30.1 Å². The summed E-state index contributed by atoms with van der Waals surface area (Å²) in [7, 11) is 0. The summed E-state index contributed by atoms with van der Waals surface area (Å²) in [5.41, 5.74) is -0.0109. The van der Waals surface area contributed by atoms with Gasteiger partial charge in [0.1, 0.15) is 0 Å². The maximum Gasteiger partial charge on any atom is 0.307 e. The summed E-state index contributed by atoms with van der Waals surface area (Å²) in [6.45, 7) is 9.70. The number of carbonyl (C=O) groups excluding carboxylic acids is 1. The van der Waals surface area contributed by atoms with E-state index >= 15 is 0 Å². The number of hydrogen-bond acceptors (Lipinski definition) is 2. The van der Waals surface area contributed by atoms with Gasteiger partial charge in [-0.2, -0.15) is 0 Å². The minimum Gasteiger partial charge on any atom is -0.481 e. The number of carboxylic acid groups (broad SMARTS) is 1. The normalized spacial score (nSPS) is 27.2. The second-order valence-electron chi connectivity index (χ2n) is 7.37. The lowest BCUT2D eigenvalue weighted by Crippen LogP contribution is -2.45. The summed E-state index contributed by atoms with van der Waals surface area (Å²) < 4.78 is 0. The second kappa shape index (κ2) is 4.50. The van der Waals surface area contributed by atoms with Crippen molar-refractivity contribution in [3.05, 3.63) is 0 Å². The van der Waals surface area contributed by atoms with Crippen molar-refractivity contribution in [2.45, 2.75) is 47.0 Å². The van der Waals surface area contributed by atoms with Crippen LogP contribution in [0.4, 0.5) is 0 Å². The highest BCUT2D eigenvalue weighted by atomic mass is 16.4. The van der Waals surface area contributed by atoms with Gasteiger partial charge in [-0.15, -0.1) is 0 Å². The number of carboxylic acids is 1. The van der Waals surface area contributed by atoms with Crippen LogP contribution in [0.15, 0.2) is 0 Å². The van der Waals surface area contributed by atoms with Gasteiger partial charge in [0.25, 0.3) is 0 Å². The first-order chi connectivity index (χ1) is 8.67. The molecular weight excluding hydrogens is 242 g/mol. The van der Waals surface area contributed by atoms with E-state index in [9.17, 15) is 9.59 Å². The Balaban J connectivity index is 1.91. The molecule has 2 aliphatic rings. The largest absolute Gasteiger partial charge is 0.481 e. The van der Waals surface area contributed by atoms with Crippen LogP contribution < -0.4 is 0 Å². The van der Waals surface area contributed by atoms with Gasteiger partial charge in [0.15, 0.2) is 0 Å². The highest BCUT2D eigenvalue weighted by molar-refractivity contribution is 5.79. The van der Waals surface area contributed by atoms with Crippen molar-refractivity contribution < 1.29 is 14.7 Å². The molecule has 4 nitrogen and oxygen atoms in total. The quantitative estimate of drug-likeness (QED) is 0.835. The fourth-order valence-corrected chi connectivity index (χ4v) is 3.07. The van der Waals surface area contributed by atoms with E-state index in [1.807, 2.05) is 11.8 Å². The Kier molecular flexibility index (Phi) is 3.40. The third-order valence-corrected chi connectivity index (χ3v) is 5.23. The van der Waals surface area contributed by atoms with E-state index in [0.29, 0.717) is 0 Å². The lowest BCUT2D eigenvalue weighted by Gasteiger charge is -2.37. The lowest BCUT2D eigenvalue weighted by molar-refractivity contribution is -0.141. The molecule has 2 rings (SSSR count). The zero-order valence-corrected chi connectivity index (χ0v) is 12.4. The molecule has 0 bridgehead atoms. The molecule has 1 aliphatic carbocycles. The molecule has 108 valence electrons. The van der Waals surface area contributed by atoms with Crippen LogP contribution in [-0.2, 0) is 9.59 Å². The third-order valence-electron chi connectivity index (χ3n) is 5.23. The van der Waals surface area contributed by atoms with Gasteiger partial charge in [0.2, 0.25) is 5.91 Å². The Bertz CT molecular complexity index is 389. The maximum absolute atomic E-state index is 12.4. The van der Waals surface area contributed by atoms with E-state index in [4.69, 9.17) is 5.11 Å². The molecule has 1 spiro atoms.